The minimum Gasteiger partial charge on any atom is -0.506 e. The van der Waals surface area contributed by atoms with Crippen molar-refractivity contribution in [3.8, 4) is 5.75 Å². The summed E-state index contributed by atoms with van der Waals surface area (Å²) >= 11 is 5.61. The molecule has 1 aromatic rings. The second-order valence-corrected chi connectivity index (χ2v) is 5.12. The number of likely N-dealkylation sites (N-methyl/N-ethyl adjacent to an activating group) is 1. The third-order valence-corrected chi connectivity index (χ3v) is 3.53. The van der Waals surface area contributed by atoms with Gasteiger partial charge in [-0.2, -0.15) is 0 Å². The maximum atomic E-state index is 13.2. The number of phenolic OH excluding ortho intramolecular Hbond substituents is 1. The molecule has 5 nitrogen and oxygen atoms in total. The van der Waals surface area contributed by atoms with E-state index in [4.69, 9.17) is 11.6 Å². The smallest absolute Gasteiger partial charge is 0.255 e. The molecular weight excluding hydrogens is 287 g/mol. The van der Waals surface area contributed by atoms with Crippen molar-refractivity contribution in [2.24, 2.45) is 0 Å². The second kappa shape index (κ2) is 5.66. The van der Waals surface area contributed by atoms with Crippen LogP contribution in [0.15, 0.2) is 12.1 Å². The Bertz CT molecular complexity index is 565. The molecule has 2 amide bonds. The van der Waals surface area contributed by atoms with E-state index in [-0.39, 0.29) is 16.5 Å². The van der Waals surface area contributed by atoms with E-state index < -0.39 is 23.5 Å². The predicted octanol–water partition coefficient (Wildman–Crippen LogP) is 1.54. The lowest BCUT2D eigenvalue weighted by molar-refractivity contribution is -0.134. The zero-order valence-electron chi connectivity index (χ0n) is 10.8. The number of carbonyl (C=O) groups excluding carboxylic acids is 2. The second-order valence-electron chi connectivity index (χ2n) is 4.71. The molecule has 1 aromatic carbocycles. The number of nitrogens with zero attached hydrogens (tertiary/aromatic N) is 1. The molecule has 0 spiro atoms. The zero-order valence-corrected chi connectivity index (χ0v) is 11.6. The van der Waals surface area contributed by atoms with Crippen LogP contribution in [0.25, 0.3) is 0 Å². The van der Waals surface area contributed by atoms with Gasteiger partial charge in [0.2, 0.25) is 5.91 Å². The largest absolute Gasteiger partial charge is 0.506 e. The van der Waals surface area contributed by atoms with Crippen molar-refractivity contribution in [3.63, 3.8) is 0 Å². The molecule has 1 aliphatic heterocycles. The van der Waals surface area contributed by atoms with Crippen LogP contribution < -0.4 is 5.32 Å². The van der Waals surface area contributed by atoms with Crippen molar-refractivity contribution in [2.45, 2.75) is 18.9 Å². The van der Waals surface area contributed by atoms with E-state index in [0.29, 0.717) is 13.0 Å². The van der Waals surface area contributed by atoms with Crippen molar-refractivity contribution in [2.75, 3.05) is 13.6 Å². The number of benzene rings is 1. The Labute approximate surface area is 120 Å². The Hall–Kier alpha value is -1.82. The molecule has 1 saturated heterocycles. The van der Waals surface area contributed by atoms with Gasteiger partial charge in [0.25, 0.3) is 5.91 Å². The summed E-state index contributed by atoms with van der Waals surface area (Å²) in [6.45, 7) is 0.641. The molecular formula is C13H14ClFN2O3. The molecule has 1 atom stereocenters. The van der Waals surface area contributed by atoms with E-state index in [0.717, 1.165) is 18.6 Å². The van der Waals surface area contributed by atoms with E-state index in [2.05, 4.69) is 5.32 Å². The fraction of sp³-hybridized carbons (Fsp3) is 0.385. The van der Waals surface area contributed by atoms with E-state index >= 15 is 0 Å². The number of hydrogen-bond donors (Lipinski definition) is 2. The monoisotopic (exact) mass is 300 g/mol. The molecule has 0 aliphatic carbocycles. The third-order valence-electron chi connectivity index (χ3n) is 3.24. The standard InChI is InChI=1S/C13H14ClFN2O3/c1-17-4-2-3-10(13(17)20)16-12(19)8-5-7(15)6-9(14)11(8)18/h5-6,10,18H,2-4H2,1H3,(H,16,19). The highest BCUT2D eigenvalue weighted by atomic mass is 35.5. The van der Waals surface area contributed by atoms with Gasteiger partial charge < -0.3 is 15.3 Å². The number of carbonyl (C=O) groups is 2. The van der Waals surface area contributed by atoms with Crippen LogP contribution in [0, 0.1) is 5.82 Å². The molecule has 2 N–H and O–H groups in total. The molecule has 20 heavy (non-hydrogen) atoms. The van der Waals surface area contributed by atoms with Crippen LogP contribution in [-0.2, 0) is 4.79 Å². The first-order valence-corrected chi connectivity index (χ1v) is 6.52. The van der Waals surface area contributed by atoms with Crippen LogP contribution in [0.1, 0.15) is 23.2 Å². The van der Waals surface area contributed by atoms with Crippen molar-refractivity contribution in [1.29, 1.82) is 0 Å². The van der Waals surface area contributed by atoms with Crippen molar-refractivity contribution < 1.29 is 19.1 Å². The number of rotatable bonds is 2. The quantitative estimate of drug-likeness (QED) is 0.870. The van der Waals surface area contributed by atoms with Crippen LogP contribution in [-0.4, -0.2) is 41.5 Å². The summed E-state index contributed by atoms with van der Waals surface area (Å²) in [6, 6.07) is 1.13. The first-order chi connectivity index (χ1) is 9.40. The average Bonchev–Trinajstić information content (AvgIpc) is 2.39. The third kappa shape index (κ3) is 2.85. The summed E-state index contributed by atoms with van der Waals surface area (Å²) in [5.41, 5.74) is -0.281. The van der Waals surface area contributed by atoms with Crippen molar-refractivity contribution >= 4 is 23.4 Å². The molecule has 1 aliphatic rings. The number of aromatic hydroxyl groups is 1. The lowest BCUT2D eigenvalue weighted by Crippen LogP contribution is -2.50. The minimum atomic E-state index is -0.731. The van der Waals surface area contributed by atoms with E-state index in [9.17, 15) is 19.1 Å². The molecule has 1 fully saturated rings. The molecule has 2 rings (SSSR count). The summed E-state index contributed by atoms with van der Waals surface area (Å²) in [4.78, 5) is 25.4. The van der Waals surface area contributed by atoms with Crippen LogP contribution in [0.4, 0.5) is 4.39 Å². The summed E-state index contributed by atoms with van der Waals surface area (Å²) in [7, 11) is 1.65. The number of phenols is 1. The maximum Gasteiger partial charge on any atom is 0.255 e. The Kier molecular flexibility index (Phi) is 4.13. The lowest BCUT2D eigenvalue weighted by atomic mass is 10.0. The molecule has 1 unspecified atom stereocenters. The van der Waals surface area contributed by atoms with Crippen LogP contribution in [0.3, 0.4) is 0 Å². The van der Waals surface area contributed by atoms with Gasteiger partial charge >= 0.3 is 0 Å². The van der Waals surface area contributed by atoms with Crippen LogP contribution in [0.2, 0.25) is 5.02 Å². The number of amides is 2. The molecule has 108 valence electrons. The van der Waals surface area contributed by atoms with Crippen LogP contribution in [0.5, 0.6) is 5.75 Å². The number of likely N-dealkylation sites (tertiary alicyclic amines) is 1. The fourth-order valence-corrected chi connectivity index (χ4v) is 2.35. The van der Waals surface area contributed by atoms with Gasteiger partial charge in [-0.15, -0.1) is 0 Å². The Morgan fingerprint density at radius 2 is 2.25 bits per heavy atom. The van der Waals surface area contributed by atoms with Gasteiger partial charge in [0.05, 0.1) is 10.6 Å². The first kappa shape index (κ1) is 14.6. The normalized spacial score (nSPS) is 19.1. The Balaban J connectivity index is 2.18. The Morgan fingerprint density at radius 3 is 2.95 bits per heavy atom. The highest BCUT2D eigenvalue weighted by Crippen LogP contribution is 2.28. The van der Waals surface area contributed by atoms with Gasteiger partial charge in [-0.3, -0.25) is 9.59 Å². The van der Waals surface area contributed by atoms with Crippen molar-refractivity contribution in [1.82, 2.24) is 10.2 Å². The van der Waals surface area contributed by atoms with E-state index in [1.54, 1.807) is 7.05 Å². The van der Waals surface area contributed by atoms with Gasteiger partial charge in [-0.05, 0) is 25.0 Å². The molecule has 0 saturated carbocycles. The SMILES string of the molecule is CN1CCCC(NC(=O)c2cc(F)cc(Cl)c2O)C1=O. The number of halogens is 2. The van der Waals surface area contributed by atoms with Gasteiger partial charge in [0.15, 0.2) is 0 Å². The summed E-state index contributed by atoms with van der Waals surface area (Å²) in [5, 5.41) is 11.9. The Morgan fingerprint density at radius 1 is 1.55 bits per heavy atom. The molecule has 0 radical (unpaired) electrons. The molecule has 7 heteroatoms. The predicted molar refractivity (Wildman–Crippen MR) is 71.2 cm³/mol. The molecule has 1 heterocycles. The summed E-state index contributed by atoms with van der Waals surface area (Å²) < 4.78 is 13.2. The van der Waals surface area contributed by atoms with Gasteiger partial charge in [0, 0.05) is 13.6 Å². The molecule has 0 bridgehead atoms. The van der Waals surface area contributed by atoms with E-state index in [1.807, 2.05) is 0 Å². The highest BCUT2D eigenvalue weighted by molar-refractivity contribution is 6.32. The zero-order chi connectivity index (χ0) is 14.9. The van der Waals surface area contributed by atoms with Crippen LogP contribution >= 0.6 is 11.6 Å². The highest BCUT2D eigenvalue weighted by Gasteiger charge is 2.29. The number of hydrogen-bond acceptors (Lipinski definition) is 3. The lowest BCUT2D eigenvalue weighted by Gasteiger charge is -2.29. The summed E-state index contributed by atoms with van der Waals surface area (Å²) in [5.74, 6) is -2.16. The fourth-order valence-electron chi connectivity index (χ4n) is 2.14. The average molecular weight is 301 g/mol. The topological polar surface area (TPSA) is 69.6 Å². The summed E-state index contributed by atoms with van der Waals surface area (Å²) in [6.07, 6.45) is 1.28. The first-order valence-electron chi connectivity index (χ1n) is 6.14. The van der Waals surface area contributed by atoms with Gasteiger partial charge in [-0.1, -0.05) is 11.6 Å². The van der Waals surface area contributed by atoms with Crippen molar-refractivity contribution in [3.05, 3.63) is 28.5 Å². The van der Waals surface area contributed by atoms with Gasteiger partial charge in [-0.25, -0.2) is 4.39 Å². The minimum absolute atomic E-state index is 0.202. The maximum absolute atomic E-state index is 13.2. The van der Waals surface area contributed by atoms with E-state index in [1.165, 1.54) is 4.90 Å². The number of piperidine rings is 1. The van der Waals surface area contributed by atoms with Gasteiger partial charge in [0.1, 0.15) is 17.6 Å². The number of nitrogens with one attached hydrogen (secondary N) is 1. The molecule has 0 aromatic heterocycles.